The van der Waals surface area contributed by atoms with Crippen LogP contribution in [0.4, 0.5) is 28.2 Å². The summed E-state index contributed by atoms with van der Waals surface area (Å²) in [4.78, 5) is 43.6. The second kappa shape index (κ2) is 18.4. The summed E-state index contributed by atoms with van der Waals surface area (Å²) in [5.74, 6) is -0.692. The van der Waals surface area contributed by atoms with Crippen molar-refractivity contribution in [2.75, 3.05) is 57.9 Å². The van der Waals surface area contributed by atoms with E-state index in [1.54, 1.807) is 30.4 Å². The smallest absolute Gasteiger partial charge is 0.417 e. The highest BCUT2D eigenvalue weighted by atomic mass is 32.2. The molecular weight excluding hydrogens is 897 g/mol. The number of methoxy groups -OCH3 is 1. The van der Waals surface area contributed by atoms with E-state index in [0.29, 0.717) is 57.4 Å². The number of esters is 1. The summed E-state index contributed by atoms with van der Waals surface area (Å²) in [6.45, 7) is 16.7. The number of carbonyl (C=O) groups is 2. The number of nitrogens with zero attached hydrogens (tertiary/aromatic N) is 7. The van der Waals surface area contributed by atoms with Crippen molar-refractivity contribution >= 4 is 40.1 Å². The first-order valence-electron chi connectivity index (χ1n) is 23.5. The number of hydrogen-bond acceptors (Lipinski definition) is 13. The molecule has 20 heteroatoms. The van der Waals surface area contributed by atoms with Crippen LogP contribution in [-0.2, 0) is 38.2 Å². The number of aromatic nitrogens is 4. The largest absolute Gasteiger partial charge is 0.598 e. The molecule has 3 aromatic rings. The van der Waals surface area contributed by atoms with E-state index in [0.717, 1.165) is 25.7 Å². The molecule has 1 aliphatic carbocycles. The van der Waals surface area contributed by atoms with Gasteiger partial charge in [-0.2, -0.15) is 28.2 Å². The lowest BCUT2D eigenvalue weighted by Gasteiger charge is -2.47. The van der Waals surface area contributed by atoms with E-state index in [9.17, 15) is 18.5 Å². The number of rotatable bonds is 13. The third-order valence-corrected chi connectivity index (χ3v) is 15.4. The molecule has 0 radical (unpaired) electrons. The fraction of sp³-hybridized carbons (Fsp3) is 0.723. The molecule has 8 rings (SSSR count). The summed E-state index contributed by atoms with van der Waals surface area (Å²) in [5, 5.41) is 4.78. The van der Waals surface area contributed by atoms with Crippen molar-refractivity contribution in [3.63, 3.8) is 0 Å². The van der Waals surface area contributed by atoms with E-state index in [2.05, 4.69) is 14.7 Å². The Labute approximate surface area is 393 Å². The van der Waals surface area contributed by atoms with Crippen LogP contribution in [-0.4, -0.2) is 127 Å². The van der Waals surface area contributed by atoms with E-state index >= 15 is 13.2 Å². The van der Waals surface area contributed by atoms with Gasteiger partial charge in [-0.05, 0) is 124 Å². The van der Waals surface area contributed by atoms with Crippen molar-refractivity contribution < 1.29 is 50.7 Å². The lowest BCUT2D eigenvalue weighted by molar-refractivity contribution is -0.138. The van der Waals surface area contributed by atoms with Gasteiger partial charge < -0.3 is 28.4 Å². The summed E-state index contributed by atoms with van der Waals surface area (Å²) in [6, 6.07) is -0.350. The van der Waals surface area contributed by atoms with Gasteiger partial charge >= 0.3 is 24.2 Å². The van der Waals surface area contributed by atoms with E-state index in [-0.39, 0.29) is 77.2 Å². The van der Waals surface area contributed by atoms with Crippen LogP contribution in [0.3, 0.4) is 0 Å². The number of anilines is 1. The van der Waals surface area contributed by atoms with Crippen molar-refractivity contribution in [2.24, 2.45) is 5.41 Å². The topological polar surface area (TPSA) is 159 Å². The molecule has 1 saturated carbocycles. The highest BCUT2D eigenvalue weighted by Crippen LogP contribution is 2.48. The first kappa shape index (κ1) is 49.4. The quantitative estimate of drug-likeness (QED) is 0.0995. The molecule has 1 N–H and O–H groups in total. The molecule has 1 aromatic carbocycles. The maximum absolute atomic E-state index is 15.6. The number of amides is 1. The van der Waals surface area contributed by atoms with Gasteiger partial charge in [-0.25, -0.2) is 18.7 Å². The molecule has 67 heavy (non-hydrogen) atoms. The molecule has 3 unspecified atom stereocenters. The van der Waals surface area contributed by atoms with Gasteiger partial charge in [0.1, 0.15) is 22.1 Å². The van der Waals surface area contributed by atoms with Crippen LogP contribution >= 0.6 is 0 Å². The van der Waals surface area contributed by atoms with E-state index < -0.39 is 69.5 Å². The average molecular weight is 963 g/mol. The number of carbonyl (C=O) groups excluding carboxylic acids is 2. The zero-order chi connectivity index (χ0) is 48.4. The van der Waals surface area contributed by atoms with Crippen LogP contribution in [0, 0.1) is 12.3 Å². The summed E-state index contributed by atoms with van der Waals surface area (Å²) in [7, 11) is 1.21. The molecule has 0 spiro atoms. The summed E-state index contributed by atoms with van der Waals surface area (Å²) < 4.78 is 103. The highest BCUT2D eigenvalue weighted by Gasteiger charge is 2.53. The summed E-state index contributed by atoms with van der Waals surface area (Å²) >= 11 is -1.94. The second-order valence-electron chi connectivity index (χ2n) is 21.6. The second-order valence-corrected chi connectivity index (χ2v) is 23.5. The number of halogens is 4. The maximum atomic E-state index is 15.6. The average Bonchev–Trinajstić information content (AvgIpc) is 3.56. The van der Waals surface area contributed by atoms with Gasteiger partial charge in [0, 0.05) is 67.9 Å². The van der Waals surface area contributed by atoms with Gasteiger partial charge in [0.05, 0.1) is 54.3 Å². The zero-order valence-electron chi connectivity index (χ0n) is 40.2. The molecule has 370 valence electrons. The Hall–Kier alpha value is -3.98. The Bertz CT molecular complexity index is 2330. The van der Waals surface area contributed by atoms with Crippen LogP contribution in [0.2, 0.25) is 0 Å². The van der Waals surface area contributed by atoms with Crippen LogP contribution < -0.4 is 14.4 Å². The third kappa shape index (κ3) is 10.5. The standard InChI is InChI=1S/C47H66F4N8O7S/c1-28-20-34-31(22-52-59(34)35-12-10-11-19-64-35)36(38(28)47(49,50)51)33(55-67(62)44(5,6)7)21-32-37(40(60)63-9)39(54-41(53-32)65-27-46(16-17-46)26-56-18-14-29(48)23-56)57-24-30-13-15-45(8,25-57)58(30)42(61)66-43(2,3)4/h20,22,29-30,33,35,55H,10-19,21,23-27H2,1-9H3/t29-,30-,33?,35?,45+,67?/m1/s1. The monoisotopic (exact) mass is 962 g/mol. The van der Waals surface area contributed by atoms with Crippen LogP contribution in [0.1, 0.15) is 145 Å². The third-order valence-electron chi connectivity index (χ3n) is 13.8. The van der Waals surface area contributed by atoms with Gasteiger partial charge in [0.15, 0.2) is 12.0 Å². The molecule has 4 aliphatic heterocycles. The van der Waals surface area contributed by atoms with Crippen LogP contribution in [0.25, 0.3) is 10.9 Å². The SMILES string of the molecule is COC(=O)c1c(CC(N[S+]([O-])C(C)(C)C)c2c(C(F)(F)F)c(C)cc3c2cnn3C2CCCCO2)nc(OCC2(CN3CC[C@@H](F)C3)CC2)nc1N1C[C@H]2CC[C@@](C)(C1)N2C(=O)OC(C)(C)C. The molecule has 5 aliphatic rings. The predicted octanol–water partition coefficient (Wildman–Crippen LogP) is 8.16. The Morgan fingerprint density at radius 1 is 1.06 bits per heavy atom. The van der Waals surface area contributed by atoms with Crippen LogP contribution in [0.5, 0.6) is 6.01 Å². The summed E-state index contributed by atoms with van der Waals surface area (Å²) in [5.41, 5.74) is -2.64. The van der Waals surface area contributed by atoms with E-state index in [4.69, 9.17) is 28.9 Å². The minimum atomic E-state index is -4.87. The van der Waals surface area contributed by atoms with Gasteiger partial charge in [0.2, 0.25) is 0 Å². The number of hydrogen-bond donors (Lipinski definition) is 1. The molecule has 2 bridgehead atoms. The van der Waals surface area contributed by atoms with Crippen molar-refractivity contribution in [1.82, 2.24) is 34.3 Å². The molecule has 2 aromatic heterocycles. The van der Waals surface area contributed by atoms with Gasteiger partial charge in [-0.1, -0.05) is 0 Å². The Balaban J connectivity index is 1.27. The normalized spacial score (nSPS) is 25.4. The van der Waals surface area contributed by atoms with Gasteiger partial charge in [0.25, 0.3) is 0 Å². The number of ether oxygens (including phenoxy) is 4. The fourth-order valence-corrected chi connectivity index (χ4v) is 11.2. The summed E-state index contributed by atoms with van der Waals surface area (Å²) in [6.07, 6.45) is 0.0671. The molecule has 5 fully saturated rings. The molecule has 4 saturated heterocycles. The van der Waals surface area contributed by atoms with Crippen molar-refractivity contribution in [2.45, 2.75) is 160 Å². The lowest BCUT2D eigenvalue weighted by Crippen LogP contribution is -2.63. The number of fused-ring (bicyclic) bond motifs is 3. The minimum absolute atomic E-state index is 0.0118. The number of alkyl halides is 4. The molecule has 15 nitrogen and oxygen atoms in total. The number of nitrogens with one attached hydrogen (secondary N) is 1. The van der Waals surface area contributed by atoms with E-state index in [1.165, 1.54) is 26.3 Å². The molecule has 6 heterocycles. The van der Waals surface area contributed by atoms with Crippen LogP contribution in [0.15, 0.2) is 12.3 Å². The van der Waals surface area contributed by atoms with Crippen molar-refractivity contribution in [3.05, 3.63) is 40.2 Å². The molecule has 6 atom stereocenters. The minimum Gasteiger partial charge on any atom is -0.598 e. The Morgan fingerprint density at radius 3 is 2.40 bits per heavy atom. The number of likely N-dealkylation sites (tertiary alicyclic amines) is 1. The van der Waals surface area contributed by atoms with E-state index in [1.807, 2.05) is 32.6 Å². The number of aryl methyl sites for hydroxylation is 1. The fourth-order valence-electron chi connectivity index (χ4n) is 10.4. The lowest BCUT2D eigenvalue weighted by atomic mass is 9.89. The highest BCUT2D eigenvalue weighted by molar-refractivity contribution is 7.90. The first-order chi connectivity index (χ1) is 31.4. The first-order valence-corrected chi connectivity index (χ1v) is 24.7. The maximum Gasteiger partial charge on any atom is 0.417 e. The Kier molecular flexibility index (Phi) is 13.6. The zero-order valence-corrected chi connectivity index (χ0v) is 41.0. The van der Waals surface area contributed by atoms with Crippen molar-refractivity contribution in [1.29, 1.82) is 0 Å². The van der Waals surface area contributed by atoms with Gasteiger partial charge in [-0.3, -0.25) is 9.80 Å². The number of benzene rings is 1. The molecule has 1 amide bonds. The predicted molar refractivity (Wildman–Crippen MR) is 244 cm³/mol. The Morgan fingerprint density at radius 2 is 1.81 bits per heavy atom. The molecular formula is C47H66F4N8O7S. The van der Waals surface area contributed by atoms with Crippen molar-refractivity contribution in [3.8, 4) is 6.01 Å². The van der Waals surface area contributed by atoms with Gasteiger partial charge in [-0.15, -0.1) is 4.72 Å². The number of piperazine rings is 1.